The zero-order valence-electron chi connectivity index (χ0n) is 12.4. The van der Waals surface area contributed by atoms with Gasteiger partial charge in [0.25, 0.3) is 5.91 Å². The second-order valence-electron chi connectivity index (χ2n) is 5.42. The molecule has 2 rings (SSSR count). The van der Waals surface area contributed by atoms with E-state index in [2.05, 4.69) is 4.72 Å². The second-order valence-corrected chi connectivity index (χ2v) is 7.38. The number of hydrogen-bond donors (Lipinski definition) is 1. The number of hydrogen-bond acceptors (Lipinski definition) is 4. The van der Waals surface area contributed by atoms with Crippen LogP contribution in [0.4, 0.5) is 0 Å². The van der Waals surface area contributed by atoms with E-state index in [9.17, 15) is 13.2 Å². The van der Waals surface area contributed by atoms with E-state index >= 15 is 0 Å². The molecule has 0 radical (unpaired) electrons. The first-order valence-electron chi connectivity index (χ1n) is 7.14. The molecule has 1 aromatic carbocycles. The van der Waals surface area contributed by atoms with Crippen molar-refractivity contribution in [2.75, 3.05) is 7.11 Å². The van der Waals surface area contributed by atoms with Gasteiger partial charge < -0.3 is 4.74 Å². The fourth-order valence-electron chi connectivity index (χ4n) is 2.66. The molecule has 0 saturated heterocycles. The summed E-state index contributed by atoms with van der Waals surface area (Å²) in [6.07, 6.45) is 4.13. The topological polar surface area (TPSA) is 72.5 Å². The summed E-state index contributed by atoms with van der Waals surface area (Å²) >= 11 is 0. The number of amides is 1. The SMILES string of the molecule is COc1ccc(C(=O)NS(=O)(=O)C2CCCCC2)c(C)c1. The molecule has 0 bridgehead atoms. The van der Waals surface area contributed by atoms with E-state index in [0.717, 1.165) is 19.3 Å². The first-order valence-corrected chi connectivity index (χ1v) is 8.69. The fourth-order valence-corrected chi connectivity index (χ4v) is 4.15. The molecule has 6 heteroatoms. The zero-order valence-corrected chi connectivity index (χ0v) is 13.2. The van der Waals surface area contributed by atoms with Crippen molar-refractivity contribution < 1.29 is 17.9 Å². The summed E-state index contributed by atoms with van der Waals surface area (Å²) in [4.78, 5) is 12.2. The molecule has 1 amide bonds. The highest BCUT2D eigenvalue weighted by molar-refractivity contribution is 7.90. The predicted octanol–water partition coefficient (Wildman–Crippen LogP) is 2.40. The third-order valence-corrected chi connectivity index (χ3v) is 5.72. The molecule has 5 nitrogen and oxygen atoms in total. The highest BCUT2D eigenvalue weighted by Crippen LogP contribution is 2.23. The lowest BCUT2D eigenvalue weighted by molar-refractivity contribution is 0.0980. The standard InChI is InChI=1S/C15H21NO4S/c1-11-10-12(20-2)8-9-14(11)15(17)16-21(18,19)13-6-4-3-5-7-13/h8-10,13H,3-7H2,1-2H3,(H,16,17). The van der Waals surface area contributed by atoms with Gasteiger partial charge in [-0.15, -0.1) is 0 Å². The summed E-state index contributed by atoms with van der Waals surface area (Å²) in [6, 6.07) is 4.94. The molecule has 1 fully saturated rings. The number of carbonyl (C=O) groups is 1. The van der Waals surface area contributed by atoms with E-state index in [-0.39, 0.29) is 0 Å². The molecule has 116 valence electrons. The third kappa shape index (κ3) is 3.75. The van der Waals surface area contributed by atoms with Crippen molar-refractivity contribution >= 4 is 15.9 Å². The van der Waals surface area contributed by atoms with Gasteiger partial charge in [0.15, 0.2) is 0 Å². The average Bonchev–Trinajstić information content (AvgIpc) is 2.47. The van der Waals surface area contributed by atoms with Crippen molar-refractivity contribution in [3.05, 3.63) is 29.3 Å². The Labute approximate surface area is 125 Å². The third-order valence-electron chi connectivity index (χ3n) is 3.90. The zero-order chi connectivity index (χ0) is 15.5. The van der Waals surface area contributed by atoms with Crippen LogP contribution in [0.1, 0.15) is 48.0 Å². The highest BCUT2D eigenvalue weighted by atomic mass is 32.2. The maximum atomic E-state index is 12.2. The second kappa shape index (κ2) is 6.47. The Morgan fingerprint density at radius 1 is 1.24 bits per heavy atom. The number of nitrogens with one attached hydrogen (secondary N) is 1. The van der Waals surface area contributed by atoms with E-state index in [1.807, 2.05) is 0 Å². The summed E-state index contributed by atoms with van der Waals surface area (Å²) in [7, 11) is -2.05. The van der Waals surface area contributed by atoms with Crippen LogP contribution < -0.4 is 9.46 Å². The van der Waals surface area contributed by atoms with Crippen LogP contribution in [0.15, 0.2) is 18.2 Å². The Kier molecular flexibility index (Phi) is 4.88. The number of ether oxygens (including phenoxy) is 1. The van der Waals surface area contributed by atoms with Crippen LogP contribution in [-0.2, 0) is 10.0 Å². The smallest absolute Gasteiger partial charge is 0.265 e. The van der Waals surface area contributed by atoms with Gasteiger partial charge in [0.1, 0.15) is 5.75 Å². The van der Waals surface area contributed by atoms with Crippen molar-refractivity contribution in [1.29, 1.82) is 0 Å². The lowest BCUT2D eigenvalue weighted by Gasteiger charge is -2.22. The summed E-state index contributed by atoms with van der Waals surface area (Å²) in [5.41, 5.74) is 1.04. The van der Waals surface area contributed by atoms with E-state index in [1.165, 1.54) is 0 Å². The van der Waals surface area contributed by atoms with Gasteiger partial charge in [-0.2, -0.15) is 0 Å². The van der Waals surface area contributed by atoms with Crippen LogP contribution in [-0.4, -0.2) is 26.7 Å². The molecular formula is C15H21NO4S. The molecule has 1 N–H and O–H groups in total. The van der Waals surface area contributed by atoms with Crippen molar-refractivity contribution in [3.63, 3.8) is 0 Å². The predicted molar refractivity (Wildman–Crippen MR) is 81.0 cm³/mol. The van der Waals surface area contributed by atoms with E-state index in [1.54, 1.807) is 32.2 Å². The maximum Gasteiger partial charge on any atom is 0.265 e. The van der Waals surface area contributed by atoms with Gasteiger partial charge >= 0.3 is 0 Å². The molecule has 0 aromatic heterocycles. The minimum Gasteiger partial charge on any atom is -0.497 e. The number of aryl methyl sites for hydroxylation is 1. The molecule has 1 aromatic rings. The largest absolute Gasteiger partial charge is 0.497 e. The molecule has 0 spiro atoms. The Morgan fingerprint density at radius 2 is 1.90 bits per heavy atom. The molecule has 21 heavy (non-hydrogen) atoms. The van der Waals surface area contributed by atoms with Gasteiger partial charge in [0, 0.05) is 5.56 Å². The first kappa shape index (κ1) is 15.8. The van der Waals surface area contributed by atoms with Crippen LogP contribution in [0.5, 0.6) is 5.75 Å². The minimum atomic E-state index is -3.59. The highest BCUT2D eigenvalue weighted by Gasteiger charge is 2.29. The average molecular weight is 311 g/mol. The molecule has 0 unspecified atom stereocenters. The molecular weight excluding hydrogens is 290 g/mol. The van der Waals surface area contributed by atoms with Gasteiger partial charge in [-0.1, -0.05) is 19.3 Å². The van der Waals surface area contributed by atoms with Gasteiger partial charge in [0.05, 0.1) is 12.4 Å². The minimum absolute atomic E-state index is 0.357. The number of sulfonamides is 1. The van der Waals surface area contributed by atoms with Crippen LogP contribution in [0.2, 0.25) is 0 Å². The molecule has 1 saturated carbocycles. The first-order chi connectivity index (χ1) is 9.94. The van der Waals surface area contributed by atoms with Crippen LogP contribution in [0.3, 0.4) is 0 Å². The monoisotopic (exact) mass is 311 g/mol. The Balaban J connectivity index is 2.13. The molecule has 1 aliphatic rings. The summed E-state index contributed by atoms with van der Waals surface area (Å²) in [6.45, 7) is 1.75. The van der Waals surface area contributed by atoms with Crippen molar-refractivity contribution in [2.45, 2.75) is 44.3 Å². The summed E-state index contributed by atoms with van der Waals surface area (Å²) in [5.74, 6) is 0.0694. The Bertz CT molecular complexity index is 619. The normalized spacial score (nSPS) is 16.5. The van der Waals surface area contributed by atoms with E-state index in [4.69, 9.17) is 4.74 Å². The van der Waals surface area contributed by atoms with Crippen molar-refractivity contribution in [3.8, 4) is 5.75 Å². The quantitative estimate of drug-likeness (QED) is 0.926. The van der Waals surface area contributed by atoms with E-state index in [0.29, 0.717) is 29.7 Å². The fraction of sp³-hybridized carbons (Fsp3) is 0.533. The lowest BCUT2D eigenvalue weighted by Crippen LogP contribution is -2.39. The summed E-state index contributed by atoms with van der Waals surface area (Å²) in [5, 5.41) is -0.450. The van der Waals surface area contributed by atoms with Gasteiger partial charge in [-0.25, -0.2) is 13.1 Å². The Hall–Kier alpha value is -1.56. The van der Waals surface area contributed by atoms with Crippen LogP contribution in [0.25, 0.3) is 0 Å². The van der Waals surface area contributed by atoms with Crippen LogP contribution in [0, 0.1) is 6.92 Å². The lowest BCUT2D eigenvalue weighted by atomic mass is 10.0. The van der Waals surface area contributed by atoms with Crippen molar-refractivity contribution in [2.24, 2.45) is 0 Å². The molecule has 0 aliphatic heterocycles. The van der Waals surface area contributed by atoms with Gasteiger partial charge in [0.2, 0.25) is 10.0 Å². The van der Waals surface area contributed by atoms with Crippen LogP contribution >= 0.6 is 0 Å². The van der Waals surface area contributed by atoms with Gasteiger partial charge in [-0.05, 0) is 43.5 Å². The molecule has 1 aliphatic carbocycles. The number of rotatable bonds is 4. The maximum absolute atomic E-state index is 12.2. The number of methoxy groups -OCH3 is 1. The van der Waals surface area contributed by atoms with E-state index < -0.39 is 21.2 Å². The summed E-state index contributed by atoms with van der Waals surface area (Å²) < 4.78 is 31.8. The van der Waals surface area contributed by atoms with Gasteiger partial charge in [-0.3, -0.25) is 4.79 Å². The number of carbonyl (C=O) groups excluding carboxylic acids is 1. The molecule has 0 heterocycles. The number of benzene rings is 1. The Morgan fingerprint density at radius 3 is 2.48 bits per heavy atom. The molecule has 0 atom stereocenters. The van der Waals surface area contributed by atoms with Crippen molar-refractivity contribution in [1.82, 2.24) is 4.72 Å².